The summed E-state index contributed by atoms with van der Waals surface area (Å²) in [4.78, 5) is 0. The van der Waals surface area contributed by atoms with E-state index in [0.29, 0.717) is 11.5 Å². The Morgan fingerprint density at radius 1 is 0.788 bits per heavy atom. The van der Waals surface area contributed by atoms with Crippen molar-refractivity contribution < 1.29 is 19.7 Å². The minimum Gasteiger partial charge on any atom is -0.512 e. The largest absolute Gasteiger partial charge is 0.512 e. The number of benzene rings is 2. The summed E-state index contributed by atoms with van der Waals surface area (Å²) in [6, 6.07) is 11.2. The van der Waals surface area contributed by atoms with E-state index in [-0.39, 0.29) is 29.6 Å². The predicted octanol–water partition coefficient (Wildman–Crippen LogP) is 6.34. The van der Waals surface area contributed by atoms with E-state index in [1.54, 1.807) is 13.2 Å². The van der Waals surface area contributed by atoms with Gasteiger partial charge in [0, 0.05) is 11.8 Å². The van der Waals surface area contributed by atoms with E-state index in [1.165, 1.54) is 0 Å². The van der Waals surface area contributed by atoms with Crippen molar-refractivity contribution in [3.8, 4) is 17.2 Å². The molecule has 4 heteroatoms. The van der Waals surface area contributed by atoms with Gasteiger partial charge in [0.15, 0.2) is 11.5 Å². The maximum atomic E-state index is 10.9. The molecule has 4 heterocycles. The molecule has 4 nitrogen and oxygen atoms in total. The number of allylic oxidation sites excluding steroid dienone is 7. The van der Waals surface area contributed by atoms with Gasteiger partial charge < -0.3 is 19.7 Å². The third kappa shape index (κ3) is 4.51. The van der Waals surface area contributed by atoms with E-state index in [1.807, 2.05) is 66.8 Å². The van der Waals surface area contributed by atoms with Crippen molar-refractivity contribution in [1.82, 2.24) is 0 Å². The van der Waals surface area contributed by atoms with E-state index in [9.17, 15) is 10.2 Å². The molecule has 0 amide bonds. The van der Waals surface area contributed by atoms with Crippen molar-refractivity contribution in [3.05, 3.63) is 114 Å². The maximum Gasteiger partial charge on any atom is 0.162 e. The Balaban J connectivity index is 1.58. The summed E-state index contributed by atoms with van der Waals surface area (Å²) in [6.45, 7) is 0. The molecule has 0 spiro atoms. The van der Waals surface area contributed by atoms with Gasteiger partial charge in [0.2, 0.25) is 0 Å². The first-order valence-corrected chi connectivity index (χ1v) is 11.1. The topological polar surface area (TPSA) is 58.9 Å². The Morgan fingerprint density at radius 2 is 1.58 bits per heavy atom. The molecule has 6 aliphatic rings. The van der Waals surface area contributed by atoms with Crippen molar-refractivity contribution in [2.24, 2.45) is 11.8 Å². The number of phenols is 1. The first kappa shape index (κ1) is 21.0. The first-order chi connectivity index (χ1) is 16.1. The van der Waals surface area contributed by atoms with Crippen LogP contribution in [0.5, 0.6) is 17.2 Å². The highest BCUT2D eigenvalue weighted by atomic mass is 16.5. The number of rotatable bonds is 1. The van der Waals surface area contributed by atoms with Crippen LogP contribution < -0.4 is 9.47 Å². The van der Waals surface area contributed by atoms with Crippen molar-refractivity contribution >= 4 is 12.2 Å². The molecule has 0 radical (unpaired) electrons. The number of aliphatic hydroxyl groups excluding tert-OH is 1. The summed E-state index contributed by atoms with van der Waals surface area (Å²) in [5.74, 6) is 1.50. The molecule has 2 unspecified atom stereocenters. The molecule has 2 aromatic rings. The van der Waals surface area contributed by atoms with Crippen molar-refractivity contribution in [2.75, 3.05) is 7.11 Å². The average Bonchev–Trinajstić information content (AvgIpc) is 2.83. The number of hydrogen-bond acceptors (Lipinski definition) is 4. The molecule has 6 bridgehead atoms. The van der Waals surface area contributed by atoms with Gasteiger partial charge in [0.25, 0.3) is 0 Å². The van der Waals surface area contributed by atoms with E-state index < -0.39 is 0 Å². The summed E-state index contributed by atoms with van der Waals surface area (Å²) >= 11 is 0. The smallest absolute Gasteiger partial charge is 0.162 e. The first-order valence-electron chi connectivity index (χ1n) is 11.1. The van der Waals surface area contributed by atoms with Crippen LogP contribution in [0.25, 0.3) is 12.2 Å². The zero-order valence-electron chi connectivity index (χ0n) is 18.3. The third-order valence-electron chi connectivity index (χ3n) is 6.14. The van der Waals surface area contributed by atoms with Gasteiger partial charge in [0.05, 0.1) is 13.0 Å². The Bertz CT molecular complexity index is 1210. The van der Waals surface area contributed by atoms with Crippen LogP contribution in [0.15, 0.2) is 96.8 Å². The molecule has 2 aromatic carbocycles. The van der Waals surface area contributed by atoms with E-state index in [0.717, 1.165) is 22.4 Å². The van der Waals surface area contributed by atoms with Crippen LogP contribution in [0.3, 0.4) is 0 Å². The van der Waals surface area contributed by atoms with Gasteiger partial charge >= 0.3 is 0 Å². The molecule has 0 saturated heterocycles. The lowest BCUT2D eigenvalue weighted by Gasteiger charge is -2.22. The predicted molar refractivity (Wildman–Crippen MR) is 131 cm³/mol. The van der Waals surface area contributed by atoms with Gasteiger partial charge in [-0.1, -0.05) is 60.7 Å². The monoisotopic (exact) mass is 438 g/mol. The quantitative estimate of drug-likeness (QED) is 0.510. The second-order valence-corrected chi connectivity index (χ2v) is 8.40. The van der Waals surface area contributed by atoms with E-state index in [4.69, 9.17) is 9.47 Å². The van der Waals surface area contributed by atoms with Gasteiger partial charge in [-0.15, -0.1) is 0 Å². The van der Waals surface area contributed by atoms with Crippen molar-refractivity contribution in [3.63, 3.8) is 0 Å². The number of hydrogen-bond donors (Lipinski definition) is 2. The van der Waals surface area contributed by atoms with Crippen LogP contribution in [0.4, 0.5) is 0 Å². The fraction of sp³-hybridized carbons (Fsp3) is 0.172. The molecular weight excluding hydrogens is 412 g/mol. The Hall–Kier alpha value is -3.92. The van der Waals surface area contributed by atoms with Crippen molar-refractivity contribution in [1.29, 1.82) is 0 Å². The van der Waals surface area contributed by atoms with Crippen LogP contribution in [-0.4, -0.2) is 23.4 Å². The van der Waals surface area contributed by atoms with Gasteiger partial charge in [0.1, 0.15) is 17.6 Å². The van der Waals surface area contributed by atoms with Crippen LogP contribution in [0.2, 0.25) is 0 Å². The minimum absolute atomic E-state index is 0.0302. The third-order valence-corrected chi connectivity index (χ3v) is 6.14. The molecule has 2 atom stereocenters. The fourth-order valence-electron chi connectivity index (χ4n) is 4.31. The molecule has 0 aromatic heterocycles. The van der Waals surface area contributed by atoms with Gasteiger partial charge in [-0.25, -0.2) is 0 Å². The molecule has 166 valence electrons. The Morgan fingerprint density at radius 3 is 2.36 bits per heavy atom. The molecule has 2 N–H and O–H groups in total. The van der Waals surface area contributed by atoms with Gasteiger partial charge in [-0.05, 0) is 59.2 Å². The fourth-order valence-corrected chi connectivity index (χ4v) is 4.31. The normalized spacial score (nSPS) is 25.2. The molecule has 0 saturated carbocycles. The molecule has 4 aliphatic heterocycles. The second kappa shape index (κ2) is 8.91. The summed E-state index contributed by atoms with van der Waals surface area (Å²) in [6.07, 6.45) is 22.1. The zero-order chi connectivity index (χ0) is 22.8. The second-order valence-electron chi connectivity index (χ2n) is 8.40. The Kier molecular flexibility index (Phi) is 5.66. The van der Waals surface area contributed by atoms with Crippen molar-refractivity contribution in [2.45, 2.75) is 12.0 Å². The standard InChI is InChI=1S/C29H26O4/c1-32-24-12-14-25-22(18-24)9-4-19-5-10-23(11-6-19)33-29-17-21(8-15-27(29)30)3-2-20-7-13-26(25)28(31)16-20/h2-20,23,26,30-31H,1H3. The lowest BCUT2D eigenvalue weighted by atomic mass is 9.85. The maximum absolute atomic E-state index is 10.9. The molecule has 33 heavy (non-hydrogen) atoms. The number of ether oxygens (including phenoxy) is 2. The van der Waals surface area contributed by atoms with Gasteiger partial charge in [-0.2, -0.15) is 0 Å². The van der Waals surface area contributed by atoms with Crippen LogP contribution in [0, 0.1) is 11.8 Å². The minimum atomic E-state index is -0.245. The summed E-state index contributed by atoms with van der Waals surface area (Å²) in [5.41, 5.74) is 2.93. The highest BCUT2D eigenvalue weighted by Crippen LogP contribution is 2.35. The average molecular weight is 439 g/mol. The molecular formula is C29H26O4. The number of phenolic OH excluding ortho intramolecular Hbond substituents is 1. The number of methoxy groups -OCH3 is 1. The highest BCUT2D eigenvalue weighted by molar-refractivity contribution is 5.61. The van der Waals surface area contributed by atoms with E-state index in [2.05, 4.69) is 30.4 Å². The zero-order valence-corrected chi connectivity index (χ0v) is 18.3. The van der Waals surface area contributed by atoms with E-state index >= 15 is 0 Å². The lowest BCUT2D eigenvalue weighted by molar-refractivity contribution is 0.278. The summed E-state index contributed by atoms with van der Waals surface area (Å²) in [7, 11) is 1.65. The SMILES string of the molecule is COc1ccc2c(c1)C=CC1C=CC(C=C1)Oc1cc(ccc1O)C=CC1C=CC2C(O)=C1. The number of aliphatic hydroxyl groups is 1. The van der Waals surface area contributed by atoms with Crippen LogP contribution in [0.1, 0.15) is 22.6 Å². The van der Waals surface area contributed by atoms with Crippen LogP contribution >= 0.6 is 0 Å². The summed E-state index contributed by atoms with van der Waals surface area (Å²) < 4.78 is 11.5. The van der Waals surface area contributed by atoms with Crippen LogP contribution in [-0.2, 0) is 0 Å². The molecule has 2 aliphatic carbocycles. The molecule has 8 rings (SSSR count). The Labute approximate surface area is 193 Å². The van der Waals surface area contributed by atoms with Gasteiger partial charge in [-0.3, -0.25) is 0 Å². The lowest BCUT2D eigenvalue weighted by Crippen LogP contribution is -2.14. The molecule has 0 fully saturated rings. The number of aromatic hydroxyl groups is 1. The summed E-state index contributed by atoms with van der Waals surface area (Å²) in [5, 5.41) is 21.1. The highest BCUT2D eigenvalue weighted by Gasteiger charge is 2.21.